The average Bonchev–Trinajstić information content (AvgIpc) is 3.23. The number of hydrogen-bond donors (Lipinski definition) is 0. The fourth-order valence-corrected chi connectivity index (χ4v) is 7.07. The Morgan fingerprint density at radius 3 is 1.38 bits per heavy atom. The third kappa shape index (κ3) is 10.6. The van der Waals surface area contributed by atoms with E-state index in [1.54, 1.807) is 0 Å². The van der Waals surface area contributed by atoms with Gasteiger partial charge in [-0.25, -0.2) is 0 Å². The molecule has 0 aliphatic carbocycles. The van der Waals surface area contributed by atoms with Gasteiger partial charge in [-0.2, -0.15) is 0 Å². The summed E-state index contributed by atoms with van der Waals surface area (Å²) in [5.74, 6) is 0. The quantitative estimate of drug-likeness (QED) is 0.0947. The fraction of sp³-hybridized carbons (Fsp3) is 0.250. The summed E-state index contributed by atoms with van der Waals surface area (Å²) < 4.78 is 27.3. The highest BCUT2D eigenvalue weighted by Gasteiger charge is 2.46. The van der Waals surface area contributed by atoms with Gasteiger partial charge in [0.25, 0.3) is 0 Å². The first kappa shape index (κ1) is 36.5. The van der Waals surface area contributed by atoms with E-state index in [9.17, 15) is 0 Å². The standard InChI is InChI=1S/C48H49NO4/c1-6-16-39(17-7-1)33-50-37-45-47(52-35-41-20-10-3-11-21-41)48(53-36-42-22-12-4-13-23-42)46(51-34-40-18-8-2-9-19-40)32-49(45)31-30-38-26-28-44(29-27-38)43-24-14-5-15-25-43/h1-29,45-48H,30-37H2/t45-,46-,47+,48+/m0/s1. The van der Waals surface area contributed by atoms with Crippen LogP contribution in [0.15, 0.2) is 176 Å². The summed E-state index contributed by atoms with van der Waals surface area (Å²) in [5.41, 5.74) is 8.26. The zero-order valence-electron chi connectivity index (χ0n) is 30.3. The maximum atomic E-state index is 6.99. The zero-order valence-corrected chi connectivity index (χ0v) is 30.3. The number of piperidine rings is 1. The molecule has 0 amide bonds. The number of likely N-dealkylation sites (tertiary alicyclic amines) is 1. The zero-order chi connectivity index (χ0) is 35.9. The van der Waals surface area contributed by atoms with Crippen molar-refractivity contribution in [1.82, 2.24) is 4.90 Å². The molecule has 0 radical (unpaired) electrons. The van der Waals surface area contributed by atoms with Crippen molar-refractivity contribution >= 4 is 0 Å². The lowest BCUT2D eigenvalue weighted by Gasteiger charge is -2.48. The molecule has 1 saturated heterocycles. The lowest BCUT2D eigenvalue weighted by Crippen LogP contribution is -2.64. The van der Waals surface area contributed by atoms with Crippen molar-refractivity contribution in [3.63, 3.8) is 0 Å². The van der Waals surface area contributed by atoms with Gasteiger partial charge in [0, 0.05) is 13.1 Å². The van der Waals surface area contributed by atoms with E-state index in [0.717, 1.165) is 35.2 Å². The van der Waals surface area contributed by atoms with E-state index in [1.807, 2.05) is 24.3 Å². The molecule has 4 atom stereocenters. The Hall–Kier alpha value is -4.88. The Kier molecular flexibility index (Phi) is 13.3. The van der Waals surface area contributed by atoms with Crippen molar-refractivity contribution in [1.29, 1.82) is 0 Å². The molecule has 1 heterocycles. The first-order valence-electron chi connectivity index (χ1n) is 18.8. The van der Waals surface area contributed by atoms with Gasteiger partial charge in [0.05, 0.1) is 45.2 Å². The topological polar surface area (TPSA) is 40.2 Å². The van der Waals surface area contributed by atoms with Crippen LogP contribution >= 0.6 is 0 Å². The molecule has 1 fully saturated rings. The molecule has 6 aromatic rings. The van der Waals surface area contributed by atoms with Crippen molar-refractivity contribution < 1.29 is 18.9 Å². The van der Waals surface area contributed by atoms with Gasteiger partial charge >= 0.3 is 0 Å². The number of nitrogens with zero attached hydrogens (tertiary/aromatic N) is 1. The van der Waals surface area contributed by atoms with Crippen LogP contribution in [0.25, 0.3) is 11.1 Å². The van der Waals surface area contributed by atoms with Crippen LogP contribution in [0.1, 0.15) is 27.8 Å². The molecule has 5 nitrogen and oxygen atoms in total. The molecule has 6 aromatic carbocycles. The fourth-order valence-electron chi connectivity index (χ4n) is 7.07. The molecule has 0 aromatic heterocycles. The van der Waals surface area contributed by atoms with Crippen LogP contribution in [0.2, 0.25) is 0 Å². The molecule has 7 rings (SSSR count). The molecule has 0 bridgehead atoms. The van der Waals surface area contributed by atoms with Crippen LogP contribution in [0.4, 0.5) is 0 Å². The summed E-state index contributed by atoms with van der Waals surface area (Å²) in [6.45, 7) is 3.97. The lowest BCUT2D eigenvalue weighted by atomic mass is 9.92. The third-order valence-electron chi connectivity index (χ3n) is 9.98. The van der Waals surface area contributed by atoms with Gasteiger partial charge in [0.2, 0.25) is 0 Å². The van der Waals surface area contributed by atoms with Crippen LogP contribution in [0.5, 0.6) is 0 Å². The summed E-state index contributed by atoms with van der Waals surface area (Å²) in [7, 11) is 0. The molecule has 0 saturated carbocycles. The van der Waals surface area contributed by atoms with Crippen molar-refractivity contribution in [3.05, 3.63) is 204 Å². The maximum Gasteiger partial charge on any atom is 0.113 e. The van der Waals surface area contributed by atoms with Crippen LogP contribution in [0, 0.1) is 0 Å². The van der Waals surface area contributed by atoms with Crippen LogP contribution in [-0.4, -0.2) is 49.0 Å². The lowest BCUT2D eigenvalue weighted by molar-refractivity contribution is -0.210. The van der Waals surface area contributed by atoms with E-state index in [4.69, 9.17) is 18.9 Å². The highest BCUT2D eigenvalue weighted by Crippen LogP contribution is 2.30. The average molecular weight is 704 g/mol. The molecule has 1 aliphatic heterocycles. The minimum absolute atomic E-state index is 0.0663. The number of rotatable bonds is 17. The summed E-state index contributed by atoms with van der Waals surface area (Å²) >= 11 is 0. The molecule has 5 heteroatoms. The van der Waals surface area contributed by atoms with E-state index in [2.05, 4.69) is 157 Å². The van der Waals surface area contributed by atoms with E-state index in [0.29, 0.717) is 39.6 Å². The van der Waals surface area contributed by atoms with E-state index >= 15 is 0 Å². The summed E-state index contributed by atoms with van der Waals surface area (Å²) in [6.07, 6.45) is 0.0147. The third-order valence-corrected chi connectivity index (χ3v) is 9.98. The van der Waals surface area contributed by atoms with Gasteiger partial charge in [-0.15, -0.1) is 0 Å². The maximum absolute atomic E-state index is 6.99. The molecule has 0 N–H and O–H groups in total. The highest BCUT2D eigenvalue weighted by atomic mass is 16.6. The Bertz CT molecular complexity index is 1890. The van der Waals surface area contributed by atoms with E-state index < -0.39 is 0 Å². The first-order valence-corrected chi connectivity index (χ1v) is 18.8. The number of hydrogen-bond acceptors (Lipinski definition) is 5. The van der Waals surface area contributed by atoms with E-state index in [1.165, 1.54) is 16.7 Å². The second-order valence-electron chi connectivity index (χ2n) is 13.7. The highest BCUT2D eigenvalue weighted by molar-refractivity contribution is 5.63. The van der Waals surface area contributed by atoms with Crippen LogP contribution < -0.4 is 0 Å². The Balaban J connectivity index is 1.17. The summed E-state index contributed by atoms with van der Waals surface area (Å²) in [5, 5.41) is 0. The molecule has 1 aliphatic rings. The van der Waals surface area contributed by atoms with Gasteiger partial charge in [0.15, 0.2) is 0 Å². The Labute approximate surface area is 314 Å². The number of ether oxygens (including phenoxy) is 4. The minimum Gasteiger partial charge on any atom is -0.375 e. The molecule has 53 heavy (non-hydrogen) atoms. The summed E-state index contributed by atoms with van der Waals surface area (Å²) in [4.78, 5) is 2.52. The molecular weight excluding hydrogens is 655 g/mol. The smallest absolute Gasteiger partial charge is 0.113 e. The largest absolute Gasteiger partial charge is 0.375 e. The van der Waals surface area contributed by atoms with Gasteiger partial charge < -0.3 is 18.9 Å². The molecule has 0 spiro atoms. The number of benzene rings is 6. The van der Waals surface area contributed by atoms with Gasteiger partial charge in [-0.1, -0.05) is 176 Å². The van der Waals surface area contributed by atoms with Crippen molar-refractivity contribution in [2.24, 2.45) is 0 Å². The predicted molar refractivity (Wildman–Crippen MR) is 212 cm³/mol. The van der Waals surface area contributed by atoms with Gasteiger partial charge in [0.1, 0.15) is 12.2 Å². The monoisotopic (exact) mass is 703 g/mol. The van der Waals surface area contributed by atoms with Crippen LogP contribution in [-0.2, 0) is 51.8 Å². The predicted octanol–water partition coefficient (Wildman–Crippen LogP) is 9.55. The normalized spacial score (nSPS) is 18.9. The molecular formula is C48H49NO4. The minimum atomic E-state index is -0.325. The summed E-state index contributed by atoms with van der Waals surface area (Å²) in [6, 6.07) is 61.0. The first-order chi connectivity index (χ1) is 26.3. The molecule has 0 unspecified atom stereocenters. The van der Waals surface area contributed by atoms with Crippen molar-refractivity contribution in [2.75, 3.05) is 19.7 Å². The van der Waals surface area contributed by atoms with E-state index in [-0.39, 0.29) is 24.4 Å². The second-order valence-corrected chi connectivity index (χ2v) is 13.7. The SMILES string of the molecule is c1ccc(COC[C@H]2[C@@H](OCc3ccccc3)[C@H](OCc3ccccc3)[C@@H](OCc3ccccc3)CN2CCc2ccc(-c3ccccc3)cc2)cc1. The van der Waals surface area contributed by atoms with Crippen molar-refractivity contribution in [3.8, 4) is 11.1 Å². The van der Waals surface area contributed by atoms with Crippen LogP contribution in [0.3, 0.4) is 0 Å². The van der Waals surface area contributed by atoms with Gasteiger partial charge in [-0.3, -0.25) is 4.90 Å². The molecule has 270 valence electrons. The van der Waals surface area contributed by atoms with Gasteiger partial charge in [-0.05, 0) is 45.4 Å². The van der Waals surface area contributed by atoms with Crippen molar-refractivity contribution in [2.45, 2.75) is 57.2 Å². The Morgan fingerprint density at radius 2 is 0.849 bits per heavy atom. The Morgan fingerprint density at radius 1 is 0.415 bits per heavy atom. The second kappa shape index (κ2) is 19.3.